The Hall–Kier alpha value is -3.37. The molecule has 43 heavy (non-hydrogen) atoms. The van der Waals surface area contributed by atoms with Gasteiger partial charge in [0.05, 0.1) is 5.92 Å². The van der Waals surface area contributed by atoms with Crippen LogP contribution in [0.15, 0.2) is 30.5 Å². The molecule has 234 valence electrons. The van der Waals surface area contributed by atoms with E-state index >= 15 is 0 Å². The fourth-order valence-corrected chi connectivity index (χ4v) is 6.57. The van der Waals surface area contributed by atoms with Crippen molar-refractivity contribution in [3.63, 3.8) is 0 Å². The lowest BCUT2D eigenvalue weighted by molar-refractivity contribution is -0.181. The normalized spacial score (nSPS) is 20.1. The molecular weight excluding hydrogens is 559 g/mol. The smallest absolute Gasteiger partial charge is 0.343 e. The molecule has 2 aromatic rings. The Morgan fingerprint density at radius 2 is 1.60 bits per heavy atom. The van der Waals surface area contributed by atoms with Gasteiger partial charge in [-0.2, -0.15) is 18.3 Å². The summed E-state index contributed by atoms with van der Waals surface area (Å²) >= 11 is 0. The first-order chi connectivity index (χ1) is 20.1. The van der Waals surface area contributed by atoms with E-state index in [-0.39, 0.29) is 23.8 Å². The fourth-order valence-electron chi connectivity index (χ4n) is 6.57. The number of nitrogens with zero attached hydrogens (tertiary/aromatic N) is 2. The fraction of sp³-hybridized carbons (Fsp3) is 0.625. The van der Waals surface area contributed by atoms with Gasteiger partial charge in [-0.3, -0.25) is 19.1 Å². The highest BCUT2D eigenvalue weighted by Crippen LogP contribution is 2.51. The number of halogens is 3. The summed E-state index contributed by atoms with van der Waals surface area (Å²) in [6.45, 7) is 8.23. The number of carbonyl (C=O) groups excluding carboxylic acids is 3. The molecule has 3 aliphatic rings. The first-order valence-corrected chi connectivity index (χ1v) is 15.3. The number of aryl methyl sites for hydroxylation is 1. The molecule has 3 atom stereocenters. The lowest BCUT2D eigenvalue weighted by atomic mass is 9.85. The molecule has 2 saturated carbocycles. The van der Waals surface area contributed by atoms with Crippen LogP contribution < -0.4 is 16.0 Å². The first-order valence-electron chi connectivity index (χ1n) is 15.3. The number of alkyl halides is 3. The van der Waals surface area contributed by atoms with E-state index in [9.17, 15) is 27.6 Å². The van der Waals surface area contributed by atoms with Gasteiger partial charge in [-0.05, 0) is 105 Å². The second-order valence-corrected chi connectivity index (χ2v) is 13.8. The van der Waals surface area contributed by atoms with E-state index in [0.717, 1.165) is 31.2 Å². The van der Waals surface area contributed by atoms with Crippen LogP contribution in [0.5, 0.6) is 0 Å². The minimum atomic E-state index is -4.57. The summed E-state index contributed by atoms with van der Waals surface area (Å²) in [6, 6.07) is 4.15. The van der Waals surface area contributed by atoms with Gasteiger partial charge in [-0.15, -0.1) is 0 Å². The molecule has 2 fully saturated rings. The summed E-state index contributed by atoms with van der Waals surface area (Å²) in [5, 5.41) is 12.5. The highest BCUT2D eigenvalue weighted by atomic mass is 19.4. The Balaban J connectivity index is 1.32. The van der Waals surface area contributed by atoms with Crippen LogP contribution in [0, 0.1) is 23.2 Å². The van der Waals surface area contributed by atoms with Crippen molar-refractivity contribution in [2.75, 3.05) is 5.32 Å². The summed E-state index contributed by atoms with van der Waals surface area (Å²) in [5.41, 5.74) is 1.23. The summed E-state index contributed by atoms with van der Waals surface area (Å²) in [4.78, 5) is 40.2. The molecule has 3 N–H and O–H groups in total. The van der Waals surface area contributed by atoms with E-state index in [0.29, 0.717) is 41.6 Å². The lowest BCUT2D eigenvalue weighted by Gasteiger charge is -2.33. The van der Waals surface area contributed by atoms with Gasteiger partial charge in [-0.1, -0.05) is 26.8 Å². The molecule has 0 saturated heterocycles. The molecule has 3 aliphatic carbocycles. The third-order valence-electron chi connectivity index (χ3n) is 8.96. The minimum Gasteiger partial charge on any atom is -0.343 e. The van der Waals surface area contributed by atoms with Gasteiger partial charge in [0.25, 0.3) is 5.91 Å². The van der Waals surface area contributed by atoms with Crippen LogP contribution >= 0.6 is 0 Å². The number of anilines is 1. The maximum atomic E-state index is 13.8. The van der Waals surface area contributed by atoms with E-state index in [1.807, 2.05) is 13.8 Å². The van der Waals surface area contributed by atoms with Gasteiger partial charge in [0.2, 0.25) is 11.8 Å². The summed E-state index contributed by atoms with van der Waals surface area (Å²) in [7, 11) is 0. The molecule has 8 nitrogen and oxygen atoms in total. The molecule has 1 heterocycles. The Labute approximate surface area is 250 Å². The number of fused-ring (bicyclic) bond motifs is 1. The topological polar surface area (TPSA) is 105 Å². The van der Waals surface area contributed by atoms with Gasteiger partial charge in [-0.25, -0.2) is 0 Å². The molecule has 3 amide bonds. The SMILES string of the molecule is CC(C)n1nccc1C(=O)N[C@H](C(=O)Nc1ccc2c(c1)CCC2C(=O)N[C@@H](C(C)(C)C)C(F)(F)F)C(C1CC1)C1CC1. The van der Waals surface area contributed by atoms with E-state index in [1.165, 1.54) is 20.8 Å². The predicted molar refractivity (Wildman–Crippen MR) is 156 cm³/mol. The number of aromatic nitrogens is 2. The Kier molecular flexibility index (Phi) is 8.39. The number of hydrogen-bond donors (Lipinski definition) is 3. The Morgan fingerprint density at radius 1 is 0.953 bits per heavy atom. The number of benzene rings is 1. The highest BCUT2D eigenvalue weighted by molar-refractivity contribution is 6.01. The van der Waals surface area contributed by atoms with Crippen molar-refractivity contribution in [2.45, 2.75) is 103 Å². The van der Waals surface area contributed by atoms with Crippen molar-refractivity contribution in [3.8, 4) is 0 Å². The van der Waals surface area contributed by atoms with E-state index in [1.54, 1.807) is 35.1 Å². The van der Waals surface area contributed by atoms with Crippen molar-refractivity contribution in [2.24, 2.45) is 23.2 Å². The zero-order chi connectivity index (χ0) is 31.3. The van der Waals surface area contributed by atoms with Crippen LogP contribution in [0.2, 0.25) is 0 Å². The maximum absolute atomic E-state index is 13.8. The van der Waals surface area contributed by atoms with Crippen molar-refractivity contribution in [1.82, 2.24) is 20.4 Å². The number of carbonyl (C=O) groups is 3. The van der Waals surface area contributed by atoms with E-state index in [4.69, 9.17) is 0 Å². The lowest BCUT2D eigenvalue weighted by Crippen LogP contribution is -2.54. The van der Waals surface area contributed by atoms with Crippen LogP contribution in [0.1, 0.15) is 100 Å². The Bertz CT molecular complexity index is 1340. The van der Waals surface area contributed by atoms with Gasteiger partial charge >= 0.3 is 6.18 Å². The van der Waals surface area contributed by atoms with E-state index in [2.05, 4.69) is 21.0 Å². The molecule has 1 aromatic heterocycles. The molecule has 0 bridgehead atoms. The maximum Gasteiger partial charge on any atom is 0.409 e. The molecule has 1 aromatic carbocycles. The molecule has 11 heteroatoms. The summed E-state index contributed by atoms with van der Waals surface area (Å²) in [6.07, 6.45) is 2.07. The van der Waals surface area contributed by atoms with Crippen molar-refractivity contribution in [1.29, 1.82) is 0 Å². The molecule has 5 rings (SSSR count). The van der Waals surface area contributed by atoms with Crippen molar-refractivity contribution < 1.29 is 27.6 Å². The number of rotatable bonds is 10. The second kappa shape index (κ2) is 11.6. The monoisotopic (exact) mass is 601 g/mol. The largest absolute Gasteiger partial charge is 0.409 e. The van der Waals surface area contributed by atoms with Crippen LogP contribution in [0.4, 0.5) is 18.9 Å². The first kappa shape index (κ1) is 31.1. The van der Waals surface area contributed by atoms with Crippen LogP contribution in [0.25, 0.3) is 0 Å². The standard InChI is InChI=1S/C32H42F3N5O3/c1-17(2)40-24(14-15-36-40)28(42)38-26(25(18-6-7-18)19-8-9-19)29(43)37-21-11-13-22-20(16-21)10-12-23(22)27(41)39-30(31(3,4)5)32(33,34)35/h11,13-19,23,25-26,30H,6-10,12H2,1-5H3,(H,37,43)(H,38,42)(H,39,41)/t23?,26-,30-/m0/s1. The summed E-state index contributed by atoms with van der Waals surface area (Å²) in [5.74, 6) is -1.14. The predicted octanol–water partition coefficient (Wildman–Crippen LogP) is 5.76. The Morgan fingerprint density at radius 3 is 2.16 bits per heavy atom. The zero-order valence-electron chi connectivity index (χ0n) is 25.4. The van der Waals surface area contributed by atoms with Gasteiger partial charge in [0, 0.05) is 17.9 Å². The molecule has 0 aliphatic heterocycles. The third kappa shape index (κ3) is 6.91. The number of nitrogens with one attached hydrogen (secondary N) is 3. The summed E-state index contributed by atoms with van der Waals surface area (Å²) < 4.78 is 42.7. The average Bonchev–Trinajstić information content (AvgIpc) is 3.83. The van der Waals surface area contributed by atoms with Crippen LogP contribution in [0.3, 0.4) is 0 Å². The average molecular weight is 602 g/mol. The third-order valence-corrected chi connectivity index (χ3v) is 8.96. The molecule has 0 radical (unpaired) electrons. The zero-order valence-corrected chi connectivity index (χ0v) is 25.4. The van der Waals surface area contributed by atoms with Crippen LogP contribution in [-0.2, 0) is 16.0 Å². The number of hydrogen-bond acceptors (Lipinski definition) is 4. The highest BCUT2D eigenvalue weighted by Gasteiger charge is 2.50. The van der Waals surface area contributed by atoms with Crippen molar-refractivity contribution in [3.05, 3.63) is 47.3 Å². The molecular formula is C32H42F3N5O3. The minimum absolute atomic E-state index is 0.0178. The van der Waals surface area contributed by atoms with Gasteiger partial charge < -0.3 is 16.0 Å². The quantitative estimate of drug-likeness (QED) is 0.322. The van der Waals surface area contributed by atoms with Crippen molar-refractivity contribution >= 4 is 23.4 Å². The van der Waals surface area contributed by atoms with Crippen LogP contribution in [-0.4, -0.2) is 45.8 Å². The van der Waals surface area contributed by atoms with Gasteiger partial charge in [0.15, 0.2) is 0 Å². The second-order valence-electron chi connectivity index (χ2n) is 13.8. The van der Waals surface area contributed by atoms with Gasteiger partial charge in [0.1, 0.15) is 17.8 Å². The number of amides is 3. The molecule has 0 spiro atoms. The van der Waals surface area contributed by atoms with E-state index < -0.39 is 35.5 Å². The molecule has 1 unspecified atom stereocenters.